The van der Waals surface area contributed by atoms with Crippen molar-refractivity contribution in [2.75, 3.05) is 12.3 Å². The summed E-state index contributed by atoms with van der Waals surface area (Å²) < 4.78 is 1.75. The standard InChI is InChI=1S/C14H16N4O/c1-17-8-10(7-16-17)9-18-5-4-11-2-3-12(15)6-13(11)14(18)19/h2-3,6-8H,4-5,9,15H2,1H3. The Hall–Kier alpha value is -2.30. The summed E-state index contributed by atoms with van der Waals surface area (Å²) in [7, 11) is 1.87. The first-order valence-corrected chi connectivity index (χ1v) is 6.28. The smallest absolute Gasteiger partial charge is 0.254 e. The number of amides is 1. The van der Waals surface area contributed by atoms with Gasteiger partial charge in [-0.1, -0.05) is 6.07 Å². The fraction of sp³-hybridized carbons (Fsp3) is 0.286. The van der Waals surface area contributed by atoms with Gasteiger partial charge in [-0.25, -0.2) is 0 Å². The van der Waals surface area contributed by atoms with Crippen molar-refractivity contribution in [1.82, 2.24) is 14.7 Å². The third-order valence-corrected chi connectivity index (χ3v) is 3.43. The molecule has 1 aromatic heterocycles. The summed E-state index contributed by atoms with van der Waals surface area (Å²) in [5, 5.41) is 4.12. The molecule has 5 nitrogen and oxygen atoms in total. The number of fused-ring (bicyclic) bond motifs is 1. The summed E-state index contributed by atoms with van der Waals surface area (Å²) in [6.07, 6.45) is 4.60. The predicted octanol–water partition coefficient (Wildman–Crippen LogP) is 1.20. The van der Waals surface area contributed by atoms with E-state index >= 15 is 0 Å². The Morgan fingerprint density at radius 3 is 3.00 bits per heavy atom. The van der Waals surface area contributed by atoms with Crippen LogP contribution < -0.4 is 5.73 Å². The van der Waals surface area contributed by atoms with Crippen LogP contribution >= 0.6 is 0 Å². The number of nitrogen functional groups attached to an aromatic ring is 1. The van der Waals surface area contributed by atoms with Gasteiger partial charge in [-0.05, 0) is 24.1 Å². The van der Waals surface area contributed by atoms with Crippen LogP contribution in [0.15, 0.2) is 30.6 Å². The van der Waals surface area contributed by atoms with E-state index in [4.69, 9.17) is 5.73 Å². The number of carbonyl (C=O) groups excluding carboxylic acids is 1. The Bertz CT molecular complexity index is 632. The topological polar surface area (TPSA) is 64.2 Å². The van der Waals surface area contributed by atoms with E-state index in [0.717, 1.165) is 29.7 Å². The van der Waals surface area contributed by atoms with Gasteiger partial charge in [0.1, 0.15) is 0 Å². The van der Waals surface area contributed by atoms with E-state index in [2.05, 4.69) is 5.10 Å². The molecule has 2 N–H and O–H groups in total. The molecule has 1 amide bonds. The van der Waals surface area contributed by atoms with Crippen LogP contribution in [0.2, 0.25) is 0 Å². The summed E-state index contributed by atoms with van der Waals surface area (Å²) in [6, 6.07) is 5.57. The zero-order chi connectivity index (χ0) is 13.4. The first-order chi connectivity index (χ1) is 9.13. The predicted molar refractivity (Wildman–Crippen MR) is 72.5 cm³/mol. The highest BCUT2D eigenvalue weighted by Crippen LogP contribution is 2.22. The first-order valence-electron chi connectivity index (χ1n) is 6.28. The Labute approximate surface area is 111 Å². The lowest BCUT2D eigenvalue weighted by Crippen LogP contribution is -2.37. The number of carbonyl (C=O) groups is 1. The molecule has 1 aromatic carbocycles. The molecule has 0 saturated heterocycles. The van der Waals surface area contributed by atoms with Crippen molar-refractivity contribution in [2.24, 2.45) is 7.05 Å². The molecule has 0 unspecified atom stereocenters. The lowest BCUT2D eigenvalue weighted by Gasteiger charge is -2.28. The van der Waals surface area contributed by atoms with Gasteiger partial charge in [0, 0.05) is 43.1 Å². The summed E-state index contributed by atoms with van der Waals surface area (Å²) in [4.78, 5) is 14.3. The van der Waals surface area contributed by atoms with E-state index in [-0.39, 0.29) is 5.91 Å². The molecule has 0 aliphatic carbocycles. The maximum absolute atomic E-state index is 12.4. The van der Waals surface area contributed by atoms with Gasteiger partial charge in [0.05, 0.1) is 6.20 Å². The monoisotopic (exact) mass is 256 g/mol. The SMILES string of the molecule is Cn1cc(CN2CCc3ccc(N)cc3C2=O)cn1. The van der Waals surface area contributed by atoms with Crippen LogP contribution in [0.4, 0.5) is 5.69 Å². The van der Waals surface area contributed by atoms with Crippen LogP contribution in [-0.4, -0.2) is 27.1 Å². The van der Waals surface area contributed by atoms with Gasteiger partial charge in [-0.15, -0.1) is 0 Å². The molecule has 0 saturated carbocycles. The molecule has 2 aromatic rings. The van der Waals surface area contributed by atoms with Gasteiger partial charge < -0.3 is 10.6 Å². The molecule has 98 valence electrons. The molecule has 0 bridgehead atoms. The molecule has 0 atom stereocenters. The van der Waals surface area contributed by atoms with Crippen LogP contribution in [0.25, 0.3) is 0 Å². The Morgan fingerprint density at radius 1 is 1.42 bits per heavy atom. The number of benzene rings is 1. The number of aromatic nitrogens is 2. The average molecular weight is 256 g/mol. The van der Waals surface area contributed by atoms with Crippen molar-refractivity contribution in [3.8, 4) is 0 Å². The lowest BCUT2D eigenvalue weighted by atomic mass is 9.98. The third kappa shape index (κ3) is 2.19. The molecule has 0 fully saturated rings. The number of hydrogen-bond acceptors (Lipinski definition) is 3. The van der Waals surface area contributed by atoms with Crippen LogP contribution in [0, 0.1) is 0 Å². The van der Waals surface area contributed by atoms with E-state index in [1.165, 1.54) is 0 Å². The van der Waals surface area contributed by atoms with Gasteiger partial charge in [-0.3, -0.25) is 9.48 Å². The van der Waals surface area contributed by atoms with Crippen molar-refractivity contribution in [1.29, 1.82) is 0 Å². The Balaban J connectivity index is 1.85. The fourth-order valence-corrected chi connectivity index (χ4v) is 2.46. The second-order valence-corrected chi connectivity index (χ2v) is 4.92. The van der Waals surface area contributed by atoms with Gasteiger partial charge in [0.2, 0.25) is 0 Å². The first kappa shape index (κ1) is 11.8. The number of anilines is 1. The normalized spacial score (nSPS) is 14.6. The van der Waals surface area contributed by atoms with E-state index in [1.54, 1.807) is 16.9 Å². The molecular formula is C14H16N4O. The van der Waals surface area contributed by atoms with E-state index in [9.17, 15) is 4.79 Å². The molecule has 19 heavy (non-hydrogen) atoms. The summed E-state index contributed by atoms with van der Waals surface area (Å²) in [5.41, 5.74) is 9.26. The molecule has 5 heteroatoms. The minimum absolute atomic E-state index is 0.0532. The van der Waals surface area contributed by atoms with Crippen molar-refractivity contribution >= 4 is 11.6 Å². The van der Waals surface area contributed by atoms with Crippen molar-refractivity contribution in [3.63, 3.8) is 0 Å². The molecule has 0 radical (unpaired) electrons. The number of aryl methyl sites for hydroxylation is 1. The number of hydrogen-bond donors (Lipinski definition) is 1. The van der Waals surface area contributed by atoms with Crippen molar-refractivity contribution in [2.45, 2.75) is 13.0 Å². The van der Waals surface area contributed by atoms with Crippen LogP contribution in [-0.2, 0) is 20.0 Å². The minimum Gasteiger partial charge on any atom is -0.399 e. The van der Waals surface area contributed by atoms with Crippen molar-refractivity contribution < 1.29 is 4.79 Å². The maximum Gasteiger partial charge on any atom is 0.254 e. The lowest BCUT2D eigenvalue weighted by molar-refractivity contribution is 0.0727. The quantitative estimate of drug-likeness (QED) is 0.821. The van der Waals surface area contributed by atoms with Crippen LogP contribution in [0.5, 0.6) is 0 Å². The second-order valence-electron chi connectivity index (χ2n) is 4.92. The fourth-order valence-electron chi connectivity index (χ4n) is 2.46. The number of rotatable bonds is 2. The molecule has 1 aliphatic heterocycles. The second kappa shape index (κ2) is 4.42. The molecular weight excluding hydrogens is 240 g/mol. The van der Waals surface area contributed by atoms with Gasteiger partial charge in [0.15, 0.2) is 0 Å². The molecule has 1 aliphatic rings. The van der Waals surface area contributed by atoms with Gasteiger partial charge in [0.25, 0.3) is 5.91 Å². The summed E-state index contributed by atoms with van der Waals surface area (Å²) in [6.45, 7) is 1.34. The zero-order valence-electron chi connectivity index (χ0n) is 10.8. The molecule has 2 heterocycles. The Kier molecular flexibility index (Phi) is 2.74. The highest BCUT2D eigenvalue weighted by molar-refractivity contribution is 5.97. The van der Waals surface area contributed by atoms with Gasteiger partial charge in [-0.2, -0.15) is 5.10 Å². The number of nitrogens with zero attached hydrogens (tertiary/aromatic N) is 3. The zero-order valence-corrected chi connectivity index (χ0v) is 10.8. The Morgan fingerprint density at radius 2 is 2.26 bits per heavy atom. The number of nitrogens with two attached hydrogens (primary N) is 1. The van der Waals surface area contributed by atoms with Crippen molar-refractivity contribution in [3.05, 3.63) is 47.3 Å². The van der Waals surface area contributed by atoms with E-state index < -0.39 is 0 Å². The summed E-state index contributed by atoms with van der Waals surface area (Å²) >= 11 is 0. The van der Waals surface area contributed by atoms with E-state index in [1.807, 2.05) is 30.3 Å². The molecule has 0 spiro atoms. The minimum atomic E-state index is 0.0532. The van der Waals surface area contributed by atoms with E-state index in [0.29, 0.717) is 12.2 Å². The largest absolute Gasteiger partial charge is 0.399 e. The molecule has 3 rings (SSSR count). The summed E-state index contributed by atoms with van der Waals surface area (Å²) in [5.74, 6) is 0.0532. The third-order valence-electron chi connectivity index (χ3n) is 3.43. The van der Waals surface area contributed by atoms with Gasteiger partial charge >= 0.3 is 0 Å². The maximum atomic E-state index is 12.4. The van der Waals surface area contributed by atoms with Crippen LogP contribution in [0.1, 0.15) is 21.5 Å². The highest BCUT2D eigenvalue weighted by Gasteiger charge is 2.24. The average Bonchev–Trinajstić information content (AvgIpc) is 2.79. The highest BCUT2D eigenvalue weighted by atomic mass is 16.2. The van der Waals surface area contributed by atoms with Crippen LogP contribution in [0.3, 0.4) is 0 Å².